The second-order valence-corrected chi connectivity index (χ2v) is 5.38. The zero-order chi connectivity index (χ0) is 13.1. The molecule has 0 fully saturated rings. The van der Waals surface area contributed by atoms with Crippen LogP contribution in [0, 0.1) is 0 Å². The first-order valence-corrected chi connectivity index (χ1v) is 7.16. The molecule has 100 valence electrons. The molecule has 0 amide bonds. The zero-order valence-electron chi connectivity index (χ0n) is 11.5. The lowest BCUT2D eigenvalue weighted by Crippen LogP contribution is -2.32. The molecule has 1 aliphatic carbocycles. The fraction of sp³-hybridized carbons (Fsp3) is 0.667. The maximum absolute atomic E-state index is 12.5. The van der Waals surface area contributed by atoms with Crippen LogP contribution in [0.25, 0.3) is 0 Å². The van der Waals surface area contributed by atoms with Crippen LogP contribution in [0.4, 0.5) is 0 Å². The van der Waals surface area contributed by atoms with E-state index in [2.05, 4.69) is 13.0 Å². The van der Waals surface area contributed by atoms with E-state index in [1.165, 1.54) is 24.1 Å². The van der Waals surface area contributed by atoms with Gasteiger partial charge in [-0.25, -0.2) is 0 Å². The Kier molecular flexibility index (Phi) is 4.23. The van der Waals surface area contributed by atoms with E-state index in [9.17, 15) is 4.79 Å². The van der Waals surface area contributed by atoms with Gasteiger partial charge >= 0.3 is 0 Å². The summed E-state index contributed by atoms with van der Waals surface area (Å²) in [5.41, 5.74) is 9.47. The number of pyridine rings is 1. The van der Waals surface area contributed by atoms with Crippen molar-refractivity contribution < 1.29 is 0 Å². The molecule has 1 heterocycles. The summed E-state index contributed by atoms with van der Waals surface area (Å²) in [6.07, 6.45) is 6.76. The first-order valence-electron chi connectivity index (χ1n) is 7.16. The fourth-order valence-electron chi connectivity index (χ4n) is 2.78. The third-order valence-corrected chi connectivity index (χ3v) is 3.85. The van der Waals surface area contributed by atoms with Gasteiger partial charge in [-0.15, -0.1) is 0 Å². The van der Waals surface area contributed by atoms with E-state index in [-0.39, 0.29) is 11.6 Å². The number of aromatic nitrogens is 1. The Morgan fingerprint density at radius 2 is 2.11 bits per heavy atom. The standard InChI is InChI=1S/C15H24N2O/c1-3-4-9-17-14-8-6-5-7-12(14)10-13(11(2)16)15(17)18/h10-11H,3-9,16H2,1-2H3. The van der Waals surface area contributed by atoms with E-state index in [4.69, 9.17) is 5.73 Å². The average molecular weight is 248 g/mol. The Morgan fingerprint density at radius 1 is 1.39 bits per heavy atom. The van der Waals surface area contributed by atoms with Crippen molar-refractivity contribution in [3.8, 4) is 0 Å². The summed E-state index contributed by atoms with van der Waals surface area (Å²) in [6.45, 7) is 4.90. The van der Waals surface area contributed by atoms with E-state index in [1.807, 2.05) is 11.5 Å². The number of hydrogen-bond acceptors (Lipinski definition) is 2. The van der Waals surface area contributed by atoms with Gasteiger partial charge in [0, 0.05) is 23.8 Å². The molecule has 1 aromatic heterocycles. The van der Waals surface area contributed by atoms with Crippen molar-refractivity contribution in [1.29, 1.82) is 0 Å². The maximum atomic E-state index is 12.5. The topological polar surface area (TPSA) is 48.0 Å². The Labute approximate surface area is 109 Å². The zero-order valence-corrected chi connectivity index (χ0v) is 11.5. The summed E-state index contributed by atoms with van der Waals surface area (Å²) >= 11 is 0. The van der Waals surface area contributed by atoms with E-state index >= 15 is 0 Å². The molecule has 2 N–H and O–H groups in total. The van der Waals surface area contributed by atoms with Crippen LogP contribution in [-0.2, 0) is 19.4 Å². The quantitative estimate of drug-likeness (QED) is 0.890. The molecule has 0 saturated carbocycles. The molecule has 0 aromatic carbocycles. The fourth-order valence-corrected chi connectivity index (χ4v) is 2.78. The summed E-state index contributed by atoms with van der Waals surface area (Å²) in [4.78, 5) is 12.5. The number of nitrogens with two attached hydrogens (primary N) is 1. The minimum atomic E-state index is -0.169. The van der Waals surface area contributed by atoms with Gasteiger partial charge in [-0.3, -0.25) is 4.79 Å². The van der Waals surface area contributed by atoms with Crippen molar-refractivity contribution >= 4 is 0 Å². The predicted octanol–water partition coefficient (Wildman–Crippen LogP) is 2.55. The first kappa shape index (κ1) is 13.3. The van der Waals surface area contributed by atoms with Gasteiger partial charge < -0.3 is 10.3 Å². The van der Waals surface area contributed by atoms with Crippen LogP contribution in [0.1, 0.15) is 62.4 Å². The summed E-state index contributed by atoms with van der Waals surface area (Å²) in [6, 6.07) is 1.89. The lowest BCUT2D eigenvalue weighted by atomic mass is 9.93. The van der Waals surface area contributed by atoms with Gasteiger partial charge in [0.25, 0.3) is 5.56 Å². The maximum Gasteiger partial charge on any atom is 0.255 e. The number of unbranched alkanes of at least 4 members (excludes halogenated alkanes) is 1. The summed E-state index contributed by atoms with van der Waals surface area (Å²) < 4.78 is 2.00. The molecule has 1 unspecified atom stereocenters. The molecule has 0 aliphatic heterocycles. The summed E-state index contributed by atoms with van der Waals surface area (Å²) in [5.74, 6) is 0. The normalized spacial score (nSPS) is 16.4. The molecular formula is C15H24N2O. The minimum Gasteiger partial charge on any atom is -0.324 e. The Bertz CT molecular complexity index is 474. The second kappa shape index (κ2) is 5.70. The lowest BCUT2D eigenvalue weighted by molar-refractivity contribution is 0.540. The van der Waals surface area contributed by atoms with Crippen LogP contribution in [-0.4, -0.2) is 4.57 Å². The van der Waals surface area contributed by atoms with E-state index in [0.717, 1.165) is 37.8 Å². The van der Waals surface area contributed by atoms with Crippen molar-refractivity contribution in [2.24, 2.45) is 5.73 Å². The molecule has 2 rings (SSSR count). The minimum absolute atomic E-state index is 0.138. The molecule has 0 saturated heterocycles. The largest absolute Gasteiger partial charge is 0.324 e. The van der Waals surface area contributed by atoms with Crippen LogP contribution in [0.3, 0.4) is 0 Å². The van der Waals surface area contributed by atoms with Crippen LogP contribution >= 0.6 is 0 Å². The van der Waals surface area contributed by atoms with Crippen LogP contribution in [0.2, 0.25) is 0 Å². The third-order valence-electron chi connectivity index (χ3n) is 3.85. The molecule has 18 heavy (non-hydrogen) atoms. The van der Waals surface area contributed by atoms with Crippen LogP contribution in [0.15, 0.2) is 10.9 Å². The Balaban J connectivity index is 2.52. The highest BCUT2D eigenvalue weighted by atomic mass is 16.1. The highest BCUT2D eigenvalue weighted by Crippen LogP contribution is 2.22. The van der Waals surface area contributed by atoms with E-state index in [1.54, 1.807) is 0 Å². The average Bonchev–Trinajstić information content (AvgIpc) is 2.37. The summed E-state index contributed by atoms with van der Waals surface area (Å²) in [7, 11) is 0. The highest BCUT2D eigenvalue weighted by Gasteiger charge is 2.18. The van der Waals surface area contributed by atoms with Gasteiger partial charge in [-0.05, 0) is 50.7 Å². The smallest absolute Gasteiger partial charge is 0.255 e. The number of hydrogen-bond donors (Lipinski definition) is 1. The predicted molar refractivity (Wildman–Crippen MR) is 74.9 cm³/mol. The second-order valence-electron chi connectivity index (χ2n) is 5.38. The third kappa shape index (κ3) is 2.51. The molecule has 1 atom stereocenters. The van der Waals surface area contributed by atoms with E-state index < -0.39 is 0 Å². The van der Waals surface area contributed by atoms with Gasteiger partial charge in [0.1, 0.15) is 0 Å². The van der Waals surface area contributed by atoms with Crippen molar-refractivity contribution in [3.05, 3.63) is 33.2 Å². The first-order chi connectivity index (χ1) is 8.65. The van der Waals surface area contributed by atoms with Gasteiger partial charge in [-0.1, -0.05) is 13.3 Å². The molecule has 1 aliphatic rings. The summed E-state index contributed by atoms with van der Waals surface area (Å²) in [5, 5.41) is 0. The van der Waals surface area contributed by atoms with Gasteiger partial charge in [0.2, 0.25) is 0 Å². The highest BCUT2D eigenvalue weighted by molar-refractivity contribution is 5.30. The van der Waals surface area contributed by atoms with Gasteiger partial charge in [0.15, 0.2) is 0 Å². The Hall–Kier alpha value is -1.09. The molecule has 1 aromatic rings. The SMILES string of the molecule is CCCCn1c2c(cc(C(C)N)c1=O)CCCC2. The van der Waals surface area contributed by atoms with Crippen molar-refractivity contribution in [2.45, 2.75) is 65.0 Å². The number of aryl methyl sites for hydroxylation is 1. The molecule has 0 radical (unpaired) electrons. The van der Waals surface area contributed by atoms with Crippen molar-refractivity contribution in [1.82, 2.24) is 4.57 Å². The van der Waals surface area contributed by atoms with E-state index in [0.29, 0.717) is 0 Å². The van der Waals surface area contributed by atoms with Gasteiger partial charge in [0.05, 0.1) is 0 Å². The molecular weight excluding hydrogens is 224 g/mol. The van der Waals surface area contributed by atoms with Crippen LogP contribution < -0.4 is 11.3 Å². The monoisotopic (exact) mass is 248 g/mol. The number of rotatable bonds is 4. The molecule has 0 bridgehead atoms. The van der Waals surface area contributed by atoms with Crippen molar-refractivity contribution in [3.63, 3.8) is 0 Å². The number of fused-ring (bicyclic) bond motifs is 1. The number of nitrogens with zero attached hydrogens (tertiary/aromatic N) is 1. The Morgan fingerprint density at radius 3 is 2.78 bits per heavy atom. The molecule has 3 heteroatoms. The van der Waals surface area contributed by atoms with Gasteiger partial charge in [-0.2, -0.15) is 0 Å². The van der Waals surface area contributed by atoms with Crippen molar-refractivity contribution in [2.75, 3.05) is 0 Å². The molecule has 3 nitrogen and oxygen atoms in total. The van der Waals surface area contributed by atoms with Crippen LogP contribution in [0.5, 0.6) is 0 Å². The lowest BCUT2D eigenvalue weighted by Gasteiger charge is -2.23. The molecule has 0 spiro atoms.